The van der Waals surface area contributed by atoms with Crippen molar-refractivity contribution < 1.29 is 8.42 Å². The Hall–Kier alpha value is 0.830. The first-order valence-corrected chi connectivity index (χ1v) is 7.19. The summed E-state index contributed by atoms with van der Waals surface area (Å²) in [6, 6.07) is 0. The van der Waals surface area contributed by atoms with Gasteiger partial charge >= 0.3 is 0 Å². The molecule has 74 valence electrons. The van der Waals surface area contributed by atoms with Crippen LogP contribution < -0.4 is 5.73 Å². The number of sulfonamides is 1. The van der Waals surface area contributed by atoms with Crippen molar-refractivity contribution in [2.75, 3.05) is 24.7 Å². The lowest BCUT2D eigenvalue weighted by molar-refractivity contribution is 0.424. The molecule has 12 heavy (non-hydrogen) atoms. The van der Waals surface area contributed by atoms with E-state index in [1.165, 1.54) is 10.6 Å². The summed E-state index contributed by atoms with van der Waals surface area (Å²) in [6.45, 7) is 0.687. The van der Waals surface area contributed by atoms with Gasteiger partial charge in [-0.15, -0.1) is 0 Å². The quantitative estimate of drug-likeness (QED) is 0.585. The van der Waals surface area contributed by atoms with Gasteiger partial charge in [-0.3, -0.25) is 0 Å². The van der Waals surface area contributed by atoms with Crippen molar-refractivity contribution in [3.8, 4) is 0 Å². The minimum absolute atomic E-state index is 0.264. The van der Waals surface area contributed by atoms with E-state index in [0.29, 0.717) is 11.9 Å². The lowest BCUT2D eigenvalue weighted by Gasteiger charge is -2.23. The zero-order valence-corrected chi connectivity index (χ0v) is 10.7. The molecule has 0 heterocycles. The summed E-state index contributed by atoms with van der Waals surface area (Å²) < 4.78 is 23.6. The van der Waals surface area contributed by atoms with Gasteiger partial charge in [-0.1, -0.05) is 31.9 Å². The Balaban J connectivity index is 4.44. The molecule has 0 aromatic rings. The number of nitrogens with two attached hydrogens (primary N) is 1. The zero-order valence-electron chi connectivity index (χ0n) is 6.70. The molecule has 0 aromatic carbocycles. The van der Waals surface area contributed by atoms with Crippen molar-refractivity contribution in [3.05, 3.63) is 0 Å². The SMILES string of the molecule is CS(=O)(=O)N(CCBr)C(Br)CN. The lowest BCUT2D eigenvalue weighted by atomic mass is 10.6. The third-order valence-corrected chi connectivity index (χ3v) is 4.02. The van der Waals surface area contributed by atoms with Crippen LogP contribution in [0.25, 0.3) is 0 Å². The Bertz CT molecular complexity index is 219. The number of hydrogen-bond donors (Lipinski definition) is 1. The topological polar surface area (TPSA) is 63.4 Å². The van der Waals surface area contributed by atoms with E-state index in [-0.39, 0.29) is 11.5 Å². The second-order valence-electron chi connectivity index (χ2n) is 2.23. The second kappa shape index (κ2) is 5.54. The summed E-state index contributed by atoms with van der Waals surface area (Å²) in [4.78, 5) is -0.315. The third-order valence-electron chi connectivity index (χ3n) is 1.24. The molecule has 0 fully saturated rings. The molecule has 1 unspecified atom stereocenters. The molecule has 0 radical (unpaired) electrons. The monoisotopic (exact) mass is 322 g/mol. The third kappa shape index (κ3) is 4.18. The lowest BCUT2D eigenvalue weighted by Crippen LogP contribution is -2.41. The molecule has 0 aliphatic rings. The molecule has 0 spiro atoms. The average Bonchev–Trinajstić information content (AvgIpc) is 1.96. The first-order valence-electron chi connectivity index (χ1n) is 3.30. The predicted octanol–water partition coefficient (Wildman–Crippen LogP) is 0.323. The van der Waals surface area contributed by atoms with Crippen LogP contribution in [-0.2, 0) is 10.0 Å². The Labute approximate surface area is 89.8 Å². The largest absolute Gasteiger partial charge is 0.328 e. The van der Waals surface area contributed by atoms with Crippen LogP contribution in [0.15, 0.2) is 0 Å². The molecule has 0 saturated heterocycles. The summed E-state index contributed by atoms with van der Waals surface area (Å²) in [7, 11) is -3.16. The van der Waals surface area contributed by atoms with E-state index in [0.717, 1.165) is 0 Å². The fourth-order valence-corrected chi connectivity index (χ4v) is 3.37. The number of halogens is 2. The van der Waals surface area contributed by atoms with Crippen LogP contribution in [0.2, 0.25) is 0 Å². The van der Waals surface area contributed by atoms with E-state index in [1.807, 2.05) is 0 Å². The molecule has 0 aromatic heterocycles. The molecule has 7 heteroatoms. The normalized spacial score (nSPS) is 15.1. The maximum absolute atomic E-state index is 11.1. The van der Waals surface area contributed by atoms with Crippen LogP contribution in [0.5, 0.6) is 0 Å². The average molecular weight is 324 g/mol. The number of hydrogen-bond acceptors (Lipinski definition) is 3. The van der Waals surface area contributed by atoms with Crippen LogP contribution in [0.1, 0.15) is 0 Å². The molecular formula is C5H12Br2N2O2S. The van der Waals surface area contributed by atoms with Crippen molar-refractivity contribution >= 4 is 41.9 Å². The Morgan fingerprint density at radius 3 is 2.33 bits per heavy atom. The van der Waals surface area contributed by atoms with Gasteiger partial charge in [-0.2, -0.15) is 4.31 Å². The van der Waals surface area contributed by atoms with E-state index in [9.17, 15) is 8.42 Å². The Kier molecular flexibility index (Phi) is 5.92. The molecule has 4 nitrogen and oxygen atoms in total. The minimum atomic E-state index is -3.16. The van der Waals surface area contributed by atoms with Gasteiger partial charge in [0.25, 0.3) is 0 Å². The van der Waals surface area contributed by atoms with Crippen LogP contribution in [-0.4, -0.2) is 42.3 Å². The van der Waals surface area contributed by atoms with Crippen LogP contribution in [0.3, 0.4) is 0 Å². The van der Waals surface area contributed by atoms with Crippen molar-refractivity contribution in [1.29, 1.82) is 0 Å². The molecule has 1 atom stereocenters. The fraction of sp³-hybridized carbons (Fsp3) is 1.00. The highest BCUT2D eigenvalue weighted by atomic mass is 79.9. The summed E-state index contributed by atoms with van der Waals surface area (Å²) in [5.41, 5.74) is 5.33. The second-order valence-corrected chi connectivity index (χ2v) is 6.02. The summed E-state index contributed by atoms with van der Waals surface area (Å²) in [6.07, 6.45) is 1.17. The van der Waals surface area contributed by atoms with Gasteiger partial charge < -0.3 is 5.73 Å². The molecule has 2 N–H and O–H groups in total. The number of alkyl halides is 2. The first kappa shape index (κ1) is 12.8. The van der Waals surface area contributed by atoms with Crippen LogP contribution in [0, 0.1) is 0 Å². The number of rotatable bonds is 5. The van der Waals surface area contributed by atoms with Crippen molar-refractivity contribution in [3.63, 3.8) is 0 Å². The molecule has 0 bridgehead atoms. The van der Waals surface area contributed by atoms with E-state index in [1.54, 1.807) is 0 Å². The standard InChI is InChI=1S/C5H12Br2N2O2S/c1-12(10,11)9(3-2-6)5(7)4-8/h5H,2-4,8H2,1H3. The maximum atomic E-state index is 11.1. The summed E-state index contributed by atoms with van der Waals surface area (Å²) >= 11 is 6.35. The highest BCUT2D eigenvalue weighted by Gasteiger charge is 2.22. The van der Waals surface area contributed by atoms with Crippen LogP contribution in [0.4, 0.5) is 0 Å². The molecule has 0 aliphatic heterocycles. The van der Waals surface area contributed by atoms with Gasteiger partial charge in [0.15, 0.2) is 0 Å². The molecular weight excluding hydrogens is 312 g/mol. The zero-order chi connectivity index (χ0) is 9.78. The van der Waals surface area contributed by atoms with Gasteiger partial charge in [0.05, 0.1) is 11.2 Å². The van der Waals surface area contributed by atoms with E-state index >= 15 is 0 Å². The van der Waals surface area contributed by atoms with Gasteiger partial charge in [-0.05, 0) is 0 Å². The minimum Gasteiger partial charge on any atom is -0.328 e. The summed E-state index contributed by atoms with van der Waals surface area (Å²) in [5, 5.41) is 0.599. The molecule has 0 rings (SSSR count). The van der Waals surface area contributed by atoms with Crippen molar-refractivity contribution in [1.82, 2.24) is 4.31 Å². The van der Waals surface area contributed by atoms with Crippen LogP contribution >= 0.6 is 31.9 Å². The van der Waals surface area contributed by atoms with Crippen molar-refractivity contribution in [2.24, 2.45) is 5.73 Å². The summed E-state index contributed by atoms with van der Waals surface area (Å²) in [5.74, 6) is 0. The van der Waals surface area contributed by atoms with Gasteiger partial charge in [0.2, 0.25) is 10.0 Å². The molecule has 0 saturated carbocycles. The van der Waals surface area contributed by atoms with E-state index < -0.39 is 10.0 Å². The predicted molar refractivity (Wildman–Crippen MR) is 57.1 cm³/mol. The van der Waals surface area contributed by atoms with Gasteiger partial charge in [-0.25, -0.2) is 8.42 Å². The number of nitrogens with zero attached hydrogens (tertiary/aromatic N) is 1. The fourth-order valence-electron chi connectivity index (χ4n) is 0.715. The molecule has 0 aliphatic carbocycles. The Morgan fingerprint density at radius 2 is 2.08 bits per heavy atom. The molecule has 0 amide bonds. The highest BCUT2D eigenvalue weighted by Crippen LogP contribution is 2.10. The van der Waals surface area contributed by atoms with Gasteiger partial charge in [0, 0.05) is 18.4 Å². The smallest absolute Gasteiger partial charge is 0.212 e. The van der Waals surface area contributed by atoms with Crippen molar-refractivity contribution in [2.45, 2.75) is 4.95 Å². The maximum Gasteiger partial charge on any atom is 0.212 e. The Morgan fingerprint density at radius 1 is 1.58 bits per heavy atom. The van der Waals surface area contributed by atoms with Gasteiger partial charge in [0.1, 0.15) is 0 Å². The first-order chi connectivity index (χ1) is 5.43. The van der Waals surface area contributed by atoms with E-state index in [4.69, 9.17) is 5.73 Å². The van der Waals surface area contributed by atoms with E-state index in [2.05, 4.69) is 31.9 Å². The highest BCUT2D eigenvalue weighted by molar-refractivity contribution is 9.09.